The average Bonchev–Trinajstić information content (AvgIpc) is 3.16. The molecule has 4 nitrogen and oxygen atoms in total. The van der Waals surface area contributed by atoms with Crippen LogP contribution in [0.2, 0.25) is 0 Å². The summed E-state index contributed by atoms with van der Waals surface area (Å²) >= 11 is 3.52. The van der Waals surface area contributed by atoms with Crippen LogP contribution in [0.5, 0.6) is 11.5 Å². The molecule has 1 aromatic heterocycles. The van der Waals surface area contributed by atoms with Crippen molar-refractivity contribution in [3.8, 4) is 11.5 Å². The van der Waals surface area contributed by atoms with Crippen molar-refractivity contribution in [3.05, 3.63) is 88.2 Å². The first-order chi connectivity index (χ1) is 13.6. The average molecular weight is 438 g/mol. The third-order valence-electron chi connectivity index (χ3n) is 6.16. The van der Waals surface area contributed by atoms with E-state index in [2.05, 4.69) is 33.0 Å². The van der Waals surface area contributed by atoms with Crippen molar-refractivity contribution in [3.63, 3.8) is 0 Å². The van der Waals surface area contributed by atoms with Gasteiger partial charge in [-0.15, -0.1) is 0 Å². The number of hydrogen-bond donors (Lipinski definition) is 1. The van der Waals surface area contributed by atoms with E-state index in [1.165, 1.54) is 0 Å². The summed E-state index contributed by atoms with van der Waals surface area (Å²) in [5.74, 6) is 1.15. The minimum absolute atomic E-state index is 0.00279. The summed E-state index contributed by atoms with van der Waals surface area (Å²) in [6.45, 7) is 0. The van der Waals surface area contributed by atoms with E-state index in [0.29, 0.717) is 23.5 Å². The molecule has 5 rings (SSSR count). The summed E-state index contributed by atoms with van der Waals surface area (Å²) in [4.78, 5) is 4.25. The number of rotatable bonds is 3. The van der Waals surface area contributed by atoms with E-state index in [9.17, 15) is 5.11 Å². The van der Waals surface area contributed by atoms with Crippen LogP contribution < -0.4 is 9.47 Å². The van der Waals surface area contributed by atoms with E-state index < -0.39 is 11.2 Å². The van der Waals surface area contributed by atoms with Crippen LogP contribution in [0.4, 0.5) is 0 Å². The Bertz CT molecular complexity index is 1020. The van der Waals surface area contributed by atoms with E-state index in [-0.39, 0.29) is 5.92 Å². The summed E-state index contributed by atoms with van der Waals surface area (Å²) in [6, 6.07) is 18.3. The summed E-state index contributed by atoms with van der Waals surface area (Å²) < 4.78 is 13.2. The second-order valence-corrected chi connectivity index (χ2v) is 8.34. The summed E-state index contributed by atoms with van der Waals surface area (Å²) in [5.41, 5.74) is 0.661. The monoisotopic (exact) mass is 437 g/mol. The highest BCUT2D eigenvalue weighted by atomic mass is 79.9. The summed E-state index contributed by atoms with van der Waals surface area (Å²) in [6.07, 6.45) is 4.71. The zero-order valence-electron chi connectivity index (χ0n) is 15.4. The highest BCUT2D eigenvalue weighted by Crippen LogP contribution is 2.67. The molecule has 0 amide bonds. The molecule has 1 N–H and O–H groups in total. The molecule has 28 heavy (non-hydrogen) atoms. The van der Waals surface area contributed by atoms with Gasteiger partial charge in [0.1, 0.15) is 17.1 Å². The first kappa shape index (κ1) is 17.7. The topological polar surface area (TPSA) is 51.6 Å². The molecule has 2 aromatic carbocycles. The van der Waals surface area contributed by atoms with Crippen molar-refractivity contribution < 1.29 is 14.6 Å². The van der Waals surface area contributed by atoms with Crippen LogP contribution in [0, 0.1) is 0 Å². The molecule has 0 spiro atoms. The maximum atomic E-state index is 12.2. The standard InChI is InChI=1S/C23H20BrNO3/c1-27-19-13-25-14-20-21(19)22(26)12-11-18(15-5-3-2-4-6-15)23(22,28-20)16-7-9-17(24)10-8-16/h2-10,13-14,18,26H,11-12H2,1H3/t18?,22-,23+/m1/s1. The molecule has 0 radical (unpaired) electrons. The summed E-state index contributed by atoms with van der Waals surface area (Å²) in [5, 5.41) is 12.2. The Hall–Kier alpha value is -2.37. The Morgan fingerprint density at radius 3 is 2.57 bits per heavy atom. The fourth-order valence-corrected chi connectivity index (χ4v) is 5.28. The fourth-order valence-electron chi connectivity index (χ4n) is 5.02. The first-order valence-corrected chi connectivity index (χ1v) is 10.1. The van der Waals surface area contributed by atoms with Crippen LogP contribution >= 0.6 is 15.9 Å². The smallest absolute Gasteiger partial charge is 0.174 e. The third-order valence-corrected chi connectivity index (χ3v) is 6.68. The number of nitrogens with zero attached hydrogens (tertiary/aromatic N) is 1. The molecule has 142 valence electrons. The first-order valence-electron chi connectivity index (χ1n) is 9.35. The number of ether oxygens (including phenoxy) is 2. The number of fused-ring (bicyclic) bond motifs is 3. The van der Waals surface area contributed by atoms with Crippen molar-refractivity contribution in [1.29, 1.82) is 0 Å². The molecule has 3 atom stereocenters. The van der Waals surface area contributed by atoms with Crippen molar-refractivity contribution in [2.45, 2.75) is 30.0 Å². The second kappa shape index (κ2) is 6.33. The number of aliphatic hydroxyl groups is 1. The van der Waals surface area contributed by atoms with Gasteiger partial charge in [0.15, 0.2) is 5.60 Å². The lowest BCUT2D eigenvalue weighted by atomic mass is 9.72. The number of halogens is 1. The fraction of sp³-hybridized carbons (Fsp3) is 0.261. The molecular weight excluding hydrogens is 418 g/mol. The van der Waals surface area contributed by atoms with Gasteiger partial charge in [-0.05, 0) is 36.1 Å². The van der Waals surface area contributed by atoms with Crippen molar-refractivity contribution in [2.24, 2.45) is 0 Å². The van der Waals surface area contributed by atoms with Crippen LogP contribution in [0.15, 0.2) is 71.5 Å². The molecule has 0 saturated heterocycles. The Balaban J connectivity index is 1.78. The van der Waals surface area contributed by atoms with Crippen molar-refractivity contribution in [2.75, 3.05) is 7.11 Å². The van der Waals surface area contributed by atoms with Gasteiger partial charge in [0, 0.05) is 10.4 Å². The zero-order chi connectivity index (χ0) is 19.4. The maximum Gasteiger partial charge on any atom is 0.174 e. The Morgan fingerprint density at radius 1 is 1.11 bits per heavy atom. The molecule has 1 aliphatic heterocycles. The normalized spacial score (nSPS) is 27.8. The molecule has 5 heteroatoms. The number of pyridine rings is 1. The number of benzene rings is 2. The van der Waals surface area contributed by atoms with E-state index in [1.54, 1.807) is 19.5 Å². The van der Waals surface area contributed by atoms with Gasteiger partial charge in [-0.2, -0.15) is 0 Å². The number of aromatic nitrogens is 1. The lowest BCUT2D eigenvalue weighted by molar-refractivity contribution is -0.106. The number of methoxy groups -OCH3 is 1. The van der Waals surface area contributed by atoms with Gasteiger partial charge < -0.3 is 14.6 Å². The Labute approximate surface area is 172 Å². The maximum absolute atomic E-state index is 12.2. The predicted octanol–water partition coefficient (Wildman–Crippen LogP) is 4.91. The Kier molecular flexibility index (Phi) is 4.00. The van der Waals surface area contributed by atoms with E-state index in [0.717, 1.165) is 22.0 Å². The lowest BCUT2D eigenvalue weighted by Gasteiger charge is -2.40. The zero-order valence-corrected chi connectivity index (χ0v) is 17.0. The molecule has 2 aliphatic rings. The molecule has 1 unspecified atom stereocenters. The van der Waals surface area contributed by atoms with Gasteiger partial charge in [0.25, 0.3) is 0 Å². The predicted molar refractivity (Wildman–Crippen MR) is 110 cm³/mol. The molecule has 1 fully saturated rings. The highest BCUT2D eigenvalue weighted by Gasteiger charge is 2.69. The minimum Gasteiger partial charge on any atom is -0.495 e. The molecular formula is C23H20BrNO3. The van der Waals surface area contributed by atoms with E-state index in [4.69, 9.17) is 9.47 Å². The number of hydrogen-bond acceptors (Lipinski definition) is 4. The quantitative estimate of drug-likeness (QED) is 0.632. The van der Waals surface area contributed by atoms with Crippen LogP contribution in [0.3, 0.4) is 0 Å². The van der Waals surface area contributed by atoms with Gasteiger partial charge in [0.05, 0.1) is 25.1 Å². The lowest BCUT2D eigenvalue weighted by Crippen LogP contribution is -2.48. The van der Waals surface area contributed by atoms with Gasteiger partial charge in [-0.1, -0.05) is 58.4 Å². The molecule has 1 saturated carbocycles. The third kappa shape index (κ3) is 2.23. The van der Waals surface area contributed by atoms with Crippen LogP contribution in [0.1, 0.15) is 35.4 Å². The molecule has 2 heterocycles. The van der Waals surface area contributed by atoms with Gasteiger partial charge in [-0.3, -0.25) is 4.98 Å². The summed E-state index contributed by atoms with van der Waals surface area (Å²) in [7, 11) is 1.60. The van der Waals surface area contributed by atoms with Gasteiger partial charge in [-0.25, -0.2) is 0 Å². The van der Waals surface area contributed by atoms with Gasteiger partial charge >= 0.3 is 0 Å². The SMILES string of the molecule is COc1cncc2c1[C@]1(O)CCC(c3ccccc3)[C@]1(c1ccc(Br)cc1)O2. The van der Waals surface area contributed by atoms with Crippen LogP contribution in [-0.2, 0) is 11.2 Å². The second-order valence-electron chi connectivity index (χ2n) is 7.42. The van der Waals surface area contributed by atoms with Gasteiger partial charge in [0.2, 0.25) is 0 Å². The molecule has 1 aliphatic carbocycles. The Morgan fingerprint density at radius 2 is 1.86 bits per heavy atom. The van der Waals surface area contributed by atoms with E-state index >= 15 is 0 Å². The van der Waals surface area contributed by atoms with E-state index in [1.807, 2.05) is 42.5 Å². The largest absolute Gasteiger partial charge is 0.495 e. The highest BCUT2D eigenvalue weighted by molar-refractivity contribution is 9.10. The van der Waals surface area contributed by atoms with Crippen LogP contribution in [0.25, 0.3) is 0 Å². The molecule has 0 bridgehead atoms. The van der Waals surface area contributed by atoms with Crippen molar-refractivity contribution >= 4 is 15.9 Å². The minimum atomic E-state index is -1.20. The van der Waals surface area contributed by atoms with Crippen LogP contribution in [-0.4, -0.2) is 17.2 Å². The van der Waals surface area contributed by atoms with Crippen molar-refractivity contribution in [1.82, 2.24) is 4.98 Å². The molecule has 3 aromatic rings.